The summed E-state index contributed by atoms with van der Waals surface area (Å²) in [5, 5.41) is 2.70. The Morgan fingerprint density at radius 1 is 1.10 bits per heavy atom. The number of carbonyl (C=O) groups excluding carboxylic acids is 1. The van der Waals surface area contributed by atoms with E-state index in [-0.39, 0.29) is 11.9 Å². The summed E-state index contributed by atoms with van der Waals surface area (Å²) in [4.78, 5) is 14.2. The van der Waals surface area contributed by atoms with Crippen LogP contribution in [0.15, 0.2) is 40.8 Å². The summed E-state index contributed by atoms with van der Waals surface area (Å²) in [6.07, 6.45) is 9.35. The predicted octanol–water partition coefficient (Wildman–Crippen LogP) is 3.23. The van der Waals surface area contributed by atoms with Crippen molar-refractivity contribution in [2.75, 3.05) is 25.0 Å². The number of nitrogens with zero attached hydrogens (tertiary/aromatic N) is 2. The number of fused-ring (bicyclic) bond motifs is 6. The van der Waals surface area contributed by atoms with Gasteiger partial charge in [0.2, 0.25) is 15.9 Å². The minimum Gasteiger partial charge on any atom is -0.326 e. The lowest BCUT2D eigenvalue weighted by Crippen LogP contribution is -2.59. The van der Waals surface area contributed by atoms with E-state index < -0.39 is 10.0 Å². The van der Waals surface area contributed by atoms with Crippen molar-refractivity contribution in [2.45, 2.75) is 62.4 Å². The summed E-state index contributed by atoms with van der Waals surface area (Å²) in [5.41, 5.74) is 1.97. The number of anilines is 1. The van der Waals surface area contributed by atoms with Gasteiger partial charge in [0, 0.05) is 31.7 Å². The molecule has 6 nitrogen and oxygen atoms in total. The van der Waals surface area contributed by atoms with E-state index in [1.54, 1.807) is 28.6 Å². The molecule has 7 heteroatoms. The molecule has 4 unspecified atom stereocenters. The lowest BCUT2D eigenvalue weighted by Gasteiger charge is -2.54. The van der Waals surface area contributed by atoms with Gasteiger partial charge in [-0.25, -0.2) is 8.42 Å². The van der Waals surface area contributed by atoms with Gasteiger partial charge in [0.25, 0.3) is 0 Å². The van der Waals surface area contributed by atoms with Gasteiger partial charge < -0.3 is 5.32 Å². The number of nitrogens with one attached hydrogen (secondary N) is 1. The molecular weight excluding hydrogens is 398 g/mol. The van der Waals surface area contributed by atoms with Crippen LogP contribution in [0, 0.1) is 11.8 Å². The Morgan fingerprint density at radius 3 is 2.67 bits per heavy atom. The number of hydrogen-bond acceptors (Lipinski definition) is 4. The minimum absolute atomic E-state index is 0.00195. The summed E-state index contributed by atoms with van der Waals surface area (Å²) in [6, 6.07) is 7.24. The van der Waals surface area contributed by atoms with Crippen LogP contribution >= 0.6 is 0 Å². The van der Waals surface area contributed by atoms with Gasteiger partial charge >= 0.3 is 0 Å². The third kappa shape index (κ3) is 3.51. The van der Waals surface area contributed by atoms with E-state index in [2.05, 4.69) is 16.3 Å². The second kappa shape index (κ2) is 7.77. The first-order valence-corrected chi connectivity index (χ1v) is 12.7. The van der Waals surface area contributed by atoms with Gasteiger partial charge in [0.15, 0.2) is 0 Å². The second-order valence-corrected chi connectivity index (χ2v) is 11.2. The van der Waals surface area contributed by atoms with Crippen molar-refractivity contribution in [3.63, 3.8) is 0 Å². The number of benzene rings is 1. The molecular formula is C23H31N3O3S. The molecule has 30 heavy (non-hydrogen) atoms. The maximum absolute atomic E-state index is 13.6. The molecule has 1 N–H and O–H groups in total. The molecule has 0 radical (unpaired) electrons. The van der Waals surface area contributed by atoms with Crippen molar-refractivity contribution < 1.29 is 13.2 Å². The van der Waals surface area contributed by atoms with Gasteiger partial charge in [-0.15, -0.1) is 0 Å². The van der Waals surface area contributed by atoms with Crippen molar-refractivity contribution in [3.8, 4) is 0 Å². The molecule has 3 saturated heterocycles. The van der Waals surface area contributed by atoms with E-state index in [9.17, 15) is 13.2 Å². The average molecular weight is 430 g/mol. The Hall–Kier alpha value is -1.70. The summed E-state index contributed by atoms with van der Waals surface area (Å²) >= 11 is 0. The Morgan fingerprint density at radius 2 is 1.90 bits per heavy atom. The summed E-state index contributed by atoms with van der Waals surface area (Å²) < 4.78 is 29.0. The second-order valence-electron chi connectivity index (χ2n) is 9.33. The average Bonchev–Trinajstić information content (AvgIpc) is 2.73. The van der Waals surface area contributed by atoms with Crippen LogP contribution in [0.3, 0.4) is 0 Å². The summed E-state index contributed by atoms with van der Waals surface area (Å²) in [5.74, 6) is 0.814. The molecule has 1 aliphatic carbocycles. The van der Waals surface area contributed by atoms with Gasteiger partial charge in [-0.2, -0.15) is 4.31 Å². The quantitative estimate of drug-likeness (QED) is 0.749. The Labute approximate surface area is 179 Å². The van der Waals surface area contributed by atoms with Crippen LogP contribution in [-0.2, 0) is 14.8 Å². The molecule has 4 aliphatic rings. The predicted molar refractivity (Wildman–Crippen MR) is 117 cm³/mol. The third-order valence-electron chi connectivity index (χ3n) is 7.39. The SMILES string of the molecule is CC(=O)Nc1ccc(S(=O)(=O)N2CCCC3=CC4CC(CN5CCCCC45)C32)cc1. The molecule has 1 aromatic rings. The monoisotopic (exact) mass is 429 g/mol. The zero-order chi connectivity index (χ0) is 20.9. The molecule has 3 heterocycles. The largest absolute Gasteiger partial charge is 0.326 e. The summed E-state index contributed by atoms with van der Waals surface area (Å²) in [6.45, 7) is 4.21. The van der Waals surface area contributed by atoms with Crippen LogP contribution in [0.2, 0.25) is 0 Å². The molecule has 162 valence electrons. The highest BCUT2D eigenvalue weighted by Gasteiger charge is 2.48. The fraction of sp³-hybridized carbons (Fsp3) is 0.609. The zero-order valence-electron chi connectivity index (χ0n) is 17.6. The van der Waals surface area contributed by atoms with E-state index in [1.165, 1.54) is 31.8 Å². The smallest absolute Gasteiger partial charge is 0.243 e. The molecule has 1 amide bonds. The third-order valence-corrected chi connectivity index (χ3v) is 9.29. The zero-order valence-corrected chi connectivity index (χ0v) is 18.4. The fourth-order valence-electron chi connectivity index (χ4n) is 6.24. The normalized spacial score (nSPS) is 32.0. The fourth-order valence-corrected chi connectivity index (χ4v) is 7.97. The molecule has 4 atom stereocenters. The molecule has 0 spiro atoms. The van der Waals surface area contributed by atoms with Crippen LogP contribution < -0.4 is 5.32 Å². The molecule has 1 aromatic carbocycles. The highest BCUT2D eigenvalue weighted by Crippen LogP contribution is 2.46. The van der Waals surface area contributed by atoms with Crippen LogP contribution in [0.5, 0.6) is 0 Å². The molecule has 3 aliphatic heterocycles. The van der Waals surface area contributed by atoms with E-state index in [0.717, 1.165) is 32.4 Å². The maximum Gasteiger partial charge on any atom is 0.243 e. The molecule has 0 saturated carbocycles. The molecule has 2 bridgehead atoms. The first kappa shape index (κ1) is 20.2. The van der Waals surface area contributed by atoms with Crippen molar-refractivity contribution in [2.24, 2.45) is 11.8 Å². The maximum atomic E-state index is 13.6. The van der Waals surface area contributed by atoms with E-state index in [0.29, 0.717) is 35.0 Å². The number of piperidine rings is 3. The highest BCUT2D eigenvalue weighted by atomic mass is 32.2. The van der Waals surface area contributed by atoms with Crippen LogP contribution in [0.4, 0.5) is 5.69 Å². The molecule has 3 fully saturated rings. The number of sulfonamides is 1. The first-order chi connectivity index (χ1) is 14.4. The van der Waals surface area contributed by atoms with Crippen LogP contribution in [0.25, 0.3) is 0 Å². The van der Waals surface area contributed by atoms with Crippen LogP contribution in [-0.4, -0.2) is 55.2 Å². The Balaban J connectivity index is 1.44. The van der Waals surface area contributed by atoms with Gasteiger partial charge in [-0.05, 0) is 74.8 Å². The topological polar surface area (TPSA) is 69.7 Å². The highest BCUT2D eigenvalue weighted by molar-refractivity contribution is 7.89. The summed E-state index contributed by atoms with van der Waals surface area (Å²) in [7, 11) is -3.58. The number of amides is 1. The number of hydrogen-bond donors (Lipinski definition) is 1. The van der Waals surface area contributed by atoms with Gasteiger partial charge in [0.1, 0.15) is 0 Å². The van der Waals surface area contributed by atoms with E-state index in [4.69, 9.17) is 0 Å². The lowest BCUT2D eigenvalue weighted by molar-refractivity contribution is -0.114. The van der Waals surface area contributed by atoms with E-state index in [1.807, 2.05) is 0 Å². The van der Waals surface area contributed by atoms with Crippen molar-refractivity contribution in [1.29, 1.82) is 0 Å². The van der Waals surface area contributed by atoms with Crippen molar-refractivity contribution in [3.05, 3.63) is 35.9 Å². The van der Waals surface area contributed by atoms with Crippen molar-refractivity contribution >= 4 is 21.6 Å². The minimum atomic E-state index is -3.58. The lowest BCUT2D eigenvalue weighted by atomic mass is 9.68. The Kier molecular flexibility index (Phi) is 5.24. The first-order valence-electron chi connectivity index (χ1n) is 11.3. The van der Waals surface area contributed by atoms with Gasteiger partial charge in [-0.3, -0.25) is 9.69 Å². The number of rotatable bonds is 3. The van der Waals surface area contributed by atoms with Gasteiger partial charge in [-0.1, -0.05) is 18.1 Å². The number of carbonyl (C=O) groups is 1. The van der Waals surface area contributed by atoms with Gasteiger partial charge in [0.05, 0.1) is 10.9 Å². The molecule has 5 rings (SSSR count). The van der Waals surface area contributed by atoms with Crippen molar-refractivity contribution in [1.82, 2.24) is 9.21 Å². The van der Waals surface area contributed by atoms with Crippen LogP contribution in [0.1, 0.15) is 45.4 Å². The Bertz CT molecular complexity index is 956. The van der Waals surface area contributed by atoms with E-state index >= 15 is 0 Å². The molecule has 0 aromatic heterocycles. The standard InChI is InChI=1S/C23H31N3O3S/c1-16(27)24-20-7-9-21(10-8-20)30(28,29)26-12-4-5-17-13-18-14-19(23(17)26)15-25-11-3-2-6-22(18)25/h7-10,13,18-19,22-23H,2-6,11-12,14-15H2,1H3,(H,24,27).